The van der Waals surface area contributed by atoms with Gasteiger partial charge in [0.15, 0.2) is 0 Å². The van der Waals surface area contributed by atoms with E-state index in [0.29, 0.717) is 6.04 Å². The summed E-state index contributed by atoms with van der Waals surface area (Å²) in [4.78, 5) is 8.39. The summed E-state index contributed by atoms with van der Waals surface area (Å²) in [6, 6.07) is 17.4. The van der Waals surface area contributed by atoms with Crippen molar-refractivity contribution in [2.45, 2.75) is 32.4 Å². The number of hydrogen-bond acceptors (Lipinski definition) is 3. The quantitative estimate of drug-likeness (QED) is 0.539. The highest BCUT2D eigenvalue weighted by Crippen LogP contribution is 2.48. The van der Waals surface area contributed by atoms with Crippen molar-refractivity contribution in [3.8, 4) is 0 Å². The zero-order valence-corrected chi connectivity index (χ0v) is 17.1. The van der Waals surface area contributed by atoms with Gasteiger partial charge in [-0.05, 0) is 47.9 Å². The third-order valence-corrected chi connectivity index (χ3v) is 5.88. The van der Waals surface area contributed by atoms with Gasteiger partial charge >= 0.3 is 0 Å². The van der Waals surface area contributed by atoms with E-state index >= 15 is 0 Å². The fourth-order valence-corrected chi connectivity index (χ4v) is 3.99. The van der Waals surface area contributed by atoms with Crippen LogP contribution in [0.3, 0.4) is 0 Å². The van der Waals surface area contributed by atoms with Crippen molar-refractivity contribution in [1.29, 1.82) is 0 Å². The van der Waals surface area contributed by atoms with E-state index in [-0.39, 0.29) is 11.5 Å². The Morgan fingerprint density at radius 2 is 1.86 bits per heavy atom. The molecule has 0 aromatic heterocycles. The molecule has 0 saturated carbocycles. The number of hydroxylamine groups is 1. The van der Waals surface area contributed by atoms with Crippen LogP contribution in [-0.4, -0.2) is 26.2 Å². The molecule has 28 heavy (non-hydrogen) atoms. The van der Waals surface area contributed by atoms with E-state index in [2.05, 4.69) is 90.2 Å². The van der Waals surface area contributed by atoms with Gasteiger partial charge in [0.05, 0.1) is 11.7 Å². The number of rotatable bonds is 4. The summed E-state index contributed by atoms with van der Waals surface area (Å²) in [7, 11) is 4.10. The highest BCUT2D eigenvalue weighted by molar-refractivity contribution is 5.59. The van der Waals surface area contributed by atoms with E-state index in [1.54, 1.807) is 0 Å². The van der Waals surface area contributed by atoms with Gasteiger partial charge in [-0.3, -0.25) is 4.84 Å². The molecule has 0 aliphatic carbocycles. The first-order valence-corrected chi connectivity index (χ1v) is 9.87. The van der Waals surface area contributed by atoms with Crippen LogP contribution in [0.2, 0.25) is 0 Å². The fraction of sp³-hybridized carbons (Fsp3) is 0.320. The summed E-state index contributed by atoms with van der Waals surface area (Å²) in [5.41, 5.74) is 8.30. The van der Waals surface area contributed by atoms with Crippen LogP contribution in [0.25, 0.3) is 6.08 Å². The molecule has 0 amide bonds. The van der Waals surface area contributed by atoms with Gasteiger partial charge in [-0.2, -0.15) is 0 Å². The summed E-state index contributed by atoms with van der Waals surface area (Å²) in [5.74, 6) is 0. The summed E-state index contributed by atoms with van der Waals surface area (Å²) >= 11 is 0. The van der Waals surface area contributed by atoms with Gasteiger partial charge in [-0.15, -0.1) is 5.73 Å². The first-order chi connectivity index (χ1) is 13.5. The smallest absolute Gasteiger partial charge is 0.118 e. The molecule has 2 aliphatic rings. The Hall–Kier alpha value is -2.74. The average molecular weight is 373 g/mol. The highest BCUT2D eigenvalue weighted by Gasteiger charge is 2.52. The van der Waals surface area contributed by atoms with Crippen LogP contribution in [-0.2, 0) is 11.3 Å². The van der Waals surface area contributed by atoms with E-state index in [1.165, 1.54) is 22.5 Å². The molecule has 0 radical (unpaired) electrons. The molecular formula is C25H28N2O. The van der Waals surface area contributed by atoms with Gasteiger partial charge in [0.2, 0.25) is 0 Å². The minimum Gasteiger partial charge on any atom is -0.378 e. The summed E-state index contributed by atoms with van der Waals surface area (Å²) in [6.45, 7) is 4.57. The van der Waals surface area contributed by atoms with E-state index in [1.807, 2.05) is 26.2 Å². The molecule has 144 valence electrons. The maximum atomic E-state index is 6.29. The van der Waals surface area contributed by atoms with Crippen LogP contribution in [0, 0.1) is 5.41 Å². The number of anilines is 2. The highest BCUT2D eigenvalue weighted by atomic mass is 16.7. The predicted molar refractivity (Wildman–Crippen MR) is 118 cm³/mol. The number of para-hydroxylation sites is 1. The molecule has 2 heterocycles. The lowest BCUT2D eigenvalue weighted by atomic mass is 9.79. The Kier molecular flexibility index (Phi) is 4.89. The zero-order valence-electron chi connectivity index (χ0n) is 17.1. The van der Waals surface area contributed by atoms with Crippen LogP contribution >= 0.6 is 0 Å². The molecular weight excluding hydrogens is 344 g/mol. The van der Waals surface area contributed by atoms with Gasteiger partial charge < -0.3 is 4.90 Å². The van der Waals surface area contributed by atoms with Gasteiger partial charge in [-0.25, -0.2) is 5.06 Å². The summed E-state index contributed by atoms with van der Waals surface area (Å²) in [5, 5.41) is 2.11. The zero-order chi connectivity index (χ0) is 19.7. The largest absolute Gasteiger partial charge is 0.378 e. The first-order valence-electron chi connectivity index (χ1n) is 9.87. The second kappa shape index (κ2) is 7.35. The standard InChI is InChI=1S/C25H28N2O/c1-25(2)23-18-20-11-8-9-12-22(20)27(23)28-24(25)13-7-5-6-10-19-14-16-21(17-15-19)26(3)4/h5-6,8-17,23-24H,18H2,1-4H3/b10-6+. The topological polar surface area (TPSA) is 15.7 Å². The molecule has 3 nitrogen and oxygen atoms in total. The maximum absolute atomic E-state index is 6.29. The maximum Gasteiger partial charge on any atom is 0.118 e. The lowest BCUT2D eigenvalue weighted by Crippen LogP contribution is -2.36. The molecule has 1 saturated heterocycles. The molecule has 0 N–H and O–H groups in total. The minimum absolute atomic E-state index is 0.0230. The lowest BCUT2D eigenvalue weighted by molar-refractivity contribution is 0.0845. The Labute approximate surface area is 168 Å². The second-order valence-electron chi connectivity index (χ2n) is 8.37. The molecule has 2 aliphatic heterocycles. The Balaban J connectivity index is 1.43. The fourth-order valence-electron chi connectivity index (χ4n) is 3.99. The lowest BCUT2D eigenvalue weighted by Gasteiger charge is -2.26. The van der Waals surface area contributed by atoms with E-state index < -0.39 is 0 Å². The molecule has 0 bridgehead atoms. The van der Waals surface area contributed by atoms with Crippen molar-refractivity contribution in [2.75, 3.05) is 24.1 Å². The van der Waals surface area contributed by atoms with Crippen LogP contribution < -0.4 is 9.96 Å². The molecule has 4 rings (SSSR count). The summed E-state index contributed by atoms with van der Waals surface area (Å²) in [6.07, 6.45) is 9.20. The SMILES string of the molecule is CN(C)c1ccc(/C=C/C=C=CC2ON3c4ccccc4CC3C2(C)C)cc1. The van der Waals surface area contributed by atoms with Crippen molar-refractivity contribution in [2.24, 2.45) is 5.41 Å². The molecule has 2 unspecified atom stereocenters. The second-order valence-corrected chi connectivity index (χ2v) is 8.37. The van der Waals surface area contributed by atoms with Crippen LogP contribution in [0.1, 0.15) is 25.0 Å². The summed E-state index contributed by atoms with van der Waals surface area (Å²) < 4.78 is 0. The number of allylic oxidation sites excluding steroid dienone is 1. The van der Waals surface area contributed by atoms with E-state index in [9.17, 15) is 0 Å². The number of fused-ring (bicyclic) bond motifs is 3. The predicted octanol–water partition coefficient (Wildman–Crippen LogP) is 5.25. The minimum atomic E-state index is 0.0230. The van der Waals surface area contributed by atoms with E-state index in [0.717, 1.165) is 6.42 Å². The van der Waals surface area contributed by atoms with Crippen molar-refractivity contribution in [3.05, 3.63) is 83.6 Å². The first kappa shape index (κ1) is 18.6. The van der Waals surface area contributed by atoms with Crippen molar-refractivity contribution >= 4 is 17.5 Å². The van der Waals surface area contributed by atoms with Crippen molar-refractivity contribution in [1.82, 2.24) is 0 Å². The molecule has 1 fully saturated rings. The van der Waals surface area contributed by atoms with Crippen molar-refractivity contribution < 1.29 is 4.84 Å². The van der Waals surface area contributed by atoms with Gasteiger partial charge in [0.1, 0.15) is 6.10 Å². The van der Waals surface area contributed by atoms with Crippen LogP contribution in [0.15, 0.2) is 72.5 Å². The molecule has 2 atom stereocenters. The molecule has 2 aromatic rings. The molecule has 0 spiro atoms. The van der Waals surface area contributed by atoms with E-state index in [4.69, 9.17) is 4.84 Å². The Bertz CT molecular complexity index is 933. The molecule has 3 heteroatoms. The third kappa shape index (κ3) is 3.40. The van der Waals surface area contributed by atoms with Gasteiger partial charge in [-0.1, -0.05) is 56.3 Å². The Morgan fingerprint density at radius 3 is 2.61 bits per heavy atom. The van der Waals surface area contributed by atoms with Crippen LogP contribution in [0.5, 0.6) is 0 Å². The van der Waals surface area contributed by atoms with Gasteiger partial charge in [0.25, 0.3) is 0 Å². The molecule has 2 aromatic carbocycles. The van der Waals surface area contributed by atoms with Crippen LogP contribution in [0.4, 0.5) is 11.4 Å². The normalized spacial score (nSPS) is 21.9. The monoisotopic (exact) mass is 372 g/mol. The third-order valence-electron chi connectivity index (χ3n) is 5.88. The van der Waals surface area contributed by atoms with Crippen molar-refractivity contribution in [3.63, 3.8) is 0 Å². The van der Waals surface area contributed by atoms with Gasteiger partial charge in [0, 0.05) is 25.2 Å². The number of nitrogens with zero attached hydrogens (tertiary/aromatic N) is 2. The number of benzene rings is 2. The number of hydrogen-bond donors (Lipinski definition) is 0. The average Bonchev–Trinajstić information content (AvgIpc) is 3.17. The Morgan fingerprint density at radius 1 is 1.11 bits per heavy atom.